The molecule has 2 rings (SSSR count). The third-order valence-corrected chi connectivity index (χ3v) is 4.16. The van der Waals surface area contributed by atoms with Gasteiger partial charge in [-0.15, -0.1) is 0 Å². The fourth-order valence-electron chi connectivity index (χ4n) is 3.36. The van der Waals surface area contributed by atoms with Gasteiger partial charge in [-0.05, 0) is 48.9 Å². The van der Waals surface area contributed by atoms with Crippen LogP contribution in [0.1, 0.15) is 44.4 Å². The molecule has 1 saturated heterocycles. The molecule has 0 amide bonds. The molecule has 0 bridgehead atoms. The summed E-state index contributed by atoms with van der Waals surface area (Å²) in [5, 5.41) is 0. The Hall–Kier alpha value is -1.70. The summed E-state index contributed by atoms with van der Waals surface area (Å²) in [7, 11) is 0. The molecule has 1 aromatic rings. The van der Waals surface area contributed by atoms with Gasteiger partial charge in [0.2, 0.25) is 0 Å². The molecule has 108 valence electrons. The molecule has 2 N–H and O–H groups in total. The average Bonchev–Trinajstić information content (AvgIpc) is 2.52. The number of benzene rings is 1. The van der Waals surface area contributed by atoms with E-state index in [0.29, 0.717) is 6.04 Å². The van der Waals surface area contributed by atoms with Crippen LogP contribution in [0.3, 0.4) is 0 Å². The van der Waals surface area contributed by atoms with Gasteiger partial charge < -0.3 is 10.6 Å². The van der Waals surface area contributed by atoms with Crippen molar-refractivity contribution in [3.63, 3.8) is 0 Å². The second-order valence-electron chi connectivity index (χ2n) is 6.84. The largest absolute Gasteiger partial charge is 0.399 e. The fraction of sp³-hybridized carbons (Fsp3) is 0.444. The first-order valence-corrected chi connectivity index (χ1v) is 7.17. The average molecular weight is 270 g/mol. The van der Waals surface area contributed by atoms with Gasteiger partial charge in [-0.2, -0.15) is 0 Å². The zero-order chi connectivity index (χ0) is 15.1. The van der Waals surface area contributed by atoms with Crippen LogP contribution in [0, 0.1) is 12.3 Å². The summed E-state index contributed by atoms with van der Waals surface area (Å²) in [6.07, 6.45) is 1.01. The molecule has 0 radical (unpaired) electrons. The summed E-state index contributed by atoms with van der Waals surface area (Å²) in [6, 6.07) is 6.51. The van der Waals surface area contributed by atoms with Crippen LogP contribution in [0.2, 0.25) is 0 Å². The highest BCUT2D eigenvalue weighted by Gasteiger charge is 2.43. The number of hydrogen-bond donors (Lipinski definition) is 1. The quantitative estimate of drug-likeness (QED) is 0.650. The van der Waals surface area contributed by atoms with Crippen LogP contribution in [0.4, 0.5) is 5.69 Å². The maximum absolute atomic E-state index is 6.01. The molecule has 20 heavy (non-hydrogen) atoms. The van der Waals surface area contributed by atoms with Gasteiger partial charge >= 0.3 is 0 Å². The highest BCUT2D eigenvalue weighted by Crippen LogP contribution is 2.51. The lowest BCUT2D eigenvalue weighted by Crippen LogP contribution is -2.30. The topological polar surface area (TPSA) is 29.3 Å². The van der Waals surface area contributed by atoms with E-state index in [4.69, 9.17) is 5.73 Å². The van der Waals surface area contributed by atoms with Gasteiger partial charge in [0.05, 0.1) is 6.04 Å². The van der Waals surface area contributed by atoms with Crippen molar-refractivity contribution in [2.75, 3.05) is 12.3 Å². The first-order valence-electron chi connectivity index (χ1n) is 7.17. The molecule has 1 unspecified atom stereocenters. The van der Waals surface area contributed by atoms with Crippen LogP contribution in [0.15, 0.2) is 42.6 Å². The number of likely N-dealkylation sites (tertiary alicyclic amines) is 1. The Labute approximate surface area is 123 Å². The maximum Gasteiger partial charge on any atom is 0.0600 e. The van der Waals surface area contributed by atoms with E-state index in [1.807, 2.05) is 6.07 Å². The molecule has 1 atom stereocenters. The minimum Gasteiger partial charge on any atom is -0.399 e. The first kappa shape index (κ1) is 14.7. The summed E-state index contributed by atoms with van der Waals surface area (Å²) in [5.74, 6) is 0. The molecule has 0 saturated carbocycles. The van der Waals surface area contributed by atoms with Gasteiger partial charge in [-0.25, -0.2) is 0 Å². The predicted octanol–water partition coefficient (Wildman–Crippen LogP) is 4.44. The Morgan fingerprint density at radius 2 is 2.10 bits per heavy atom. The number of aryl methyl sites for hydroxylation is 1. The van der Waals surface area contributed by atoms with E-state index < -0.39 is 0 Å². The third kappa shape index (κ3) is 2.60. The summed E-state index contributed by atoms with van der Waals surface area (Å²) in [5.41, 5.74) is 12.0. The molecule has 1 aromatic carbocycles. The lowest BCUT2D eigenvalue weighted by atomic mass is 9.79. The number of nitrogen functional groups attached to an aromatic ring is 1. The normalized spacial score (nSPS) is 21.3. The van der Waals surface area contributed by atoms with Crippen molar-refractivity contribution in [2.24, 2.45) is 5.41 Å². The minimum absolute atomic E-state index is 0.158. The van der Waals surface area contributed by atoms with Gasteiger partial charge in [0.25, 0.3) is 0 Å². The molecule has 1 fully saturated rings. The Bertz CT molecular complexity index is 555. The van der Waals surface area contributed by atoms with Crippen LogP contribution < -0.4 is 5.73 Å². The van der Waals surface area contributed by atoms with E-state index in [-0.39, 0.29) is 5.41 Å². The Morgan fingerprint density at radius 1 is 1.45 bits per heavy atom. The molecular weight excluding hydrogens is 244 g/mol. The van der Waals surface area contributed by atoms with E-state index >= 15 is 0 Å². The zero-order valence-corrected chi connectivity index (χ0v) is 13.2. The van der Waals surface area contributed by atoms with E-state index in [1.54, 1.807) is 0 Å². The first-order chi connectivity index (χ1) is 9.22. The number of hydrogen-bond acceptors (Lipinski definition) is 2. The van der Waals surface area contributed by atoms with Crippen LogP contribution in [0.5, 0.6) is 0 Å². The van der Waals surface area contributed by atoms with Crippen molar-refractivity contribution in [2.45, 2.75) is 40.2 Å². The number of allylic oxidation sites excluding steroid dienone is 1. The molecule has 2 nitrogen and oxygen atoms in total. The van der Waals surface area contributed by atoms with Crippen molar-refractivity contribution < 1.29 is 0 Å². The SMILES string of the molecule is C=C(C)CN1C(=C)CC(C)(C)C1c1cc(N)ccc1C. The van der Waals surface area contributed by atoms with Gasteiger partial charge in [0, 0.05) is 17.9 Å². The van der Waals surface area contributed by atoms with E-state index in [9.17, 15) is 0 Å². The molecule has 0 spiro atoms. The second-order valence-corrected chi connectivity index (χ2v) is 6.84. The number of nitrogens with two attached hydrogens (primary N) is 1. The van der Waals surface area contributed by atoms with Crippen molar-refractivity contribution in [3.05, 3.63) is 53.8 Å². The van der Waals surface area contributed by atoms with Gasteiger partial charge in [0.15, 0.2) is 0 Å². The number of nitrogens with zero attached hydrogens (tertiary/aromatic N) is 1. The van der Waals surface area contributed by atoms with E-state index in [1.165, 1.54) is 16.8 Å². The van der Waals surface area contributed by atoms with Gasteiger partial charge in [-0.1, -0.05) is 38.6 Å². The van der Waals surface area contributed by atoms with Crippen molar-refractivity contribution in [3.8, 4) is 0 Å². The van der Waals surface area contributed by atoms with Crippen molar-refractivity contribution in [1.29, 1.82) is 0 Å². The summed E-state index contributed by atoms with van der Waals surface area (Å²) in [4.78, 5) is 2.39. The Balaban J connectivity index is 2.51. The summed E-state index contributed by atoms with van der Waals surface area (Å²) in [6.45, 7) is 18.0. The van der Waals surface area contributed by atoms with Gasteiger partial charge in [0.1, 0.15) is 0 Å². The summed E-state index contributed by atoms with van der Waals surface area (Å²) >= 11 is 0. The number of rotatable bonds is 3. The molecule has 0 aromatic heterocycles. The third-order valence-electron chi connectivity index (χ3n) is 4.16. The standard InChI is InChI=1S/C18H26N2/c1-12(2)11-20-14(4)10-18(5,6)17(20)16-9-15(19)8-7-13(16)3/h7-9,17H,1,4,10-11,19H2,2-3,5-6H3. The van der Waals surface area contributed by atoms with E-state index in [0.717, 1.165) is 24.2 Å². The van der Waals surface area contributed by atoms with Gasteiger partial charge in [-0.3, -0.25) is 0 Å². The van der Waals surface area contributed by atoms with Crippen LogP contribution in [-0.4, -0.2) is 11.4 Å². The lowest BCUT2D eigenvalue weighted by molar-refractivity contribution is 0.207. The van der Waals surface area contributed by atoms with Crippen molar-refractivity contribution >= 4 is 5.69 Å². The monoisotopic (exact) mass is 270 g/mol. The molecule has 1 aliphatic rings. The lowest BCUT2D eigenvalue weighted by Gasteiger charge is -2.35. The molecular formula is C18H26N2. The molecule has 1 aliphatic heterocycles. The van der Waals surface area contributed by atoms with Crippen LogP contribution >= 0.6 is 0 Å². The van der Waals surface area contributed by atoms with Crippen LogP contribution in [0.25, 0.3) is 0 Å². The minimum atomic E-state index is 0.158. The van der Waals surface area contributed by atoms with Crippen molar-refractivity contribution in [1.82, 2.24) is 4.90 Å². The predicted molar refractivity (Wildman–Crippen MR) is 87.4 cm³/mol. The molecule has 2 heteroatoms. The smallest absolute Gasteiger partial charge is 0.0600 e. The Kier molecular flexibility index (Phi) is 3.68. The highest BCUT2D eigenvalue weighted by atomic mass is 15.2. The van der Waals surface area contributed by atoms with E-state index in [2.05, 4.69) is 57.9 Å². The highest BCUT2D eigenvalue weighted by molar-refractivity contribution is 5.47. The molecule has 0 aliphatic carbocycles. The zero-order valence-electron chi connectivity index (χ0n) is 13.2. The number of anilines is 1. The summed E-state index contributed by atoms with van der Waals surface area (Å²) < 4.78 is 0. The maximum atomic E-state index is 6.01. The fourth-order valence-corrected chi connectivity index (χ4v) is 3.36. The molecule has 1 heterocycles. The Morgan fingerprint density at radius 3 is 2.70 bits per heavy atom. The second kappa shape index (κ2) is 5.01. The van der Waals surface area contributed by atoms with Crippen LogP contribution in [-0.2, 0) is 0 Å².